The Hall–Kier alpha value is -0.940. The van der Waals surface area contributed by atoms with Crippen LogP contribution in [-0.2, 0) is 0 Å². The summed E-state index contributed by atoms with van der Waals surface area (Å²) < 4.78 is 1.91. The topological polar surface area (TPSA) is 37.8 Å². The van der Waals surface area contributed by atoms with Crippen LogP contribution in [0.25, 0.3) is 0 Å². The van der Waals surface area contributed by atoms with Gasteiger partial charge in [-0.3, -0.25) is 0 Å². The molecule has 1 N–H and O–H groups in total. The van der Waals surface area contributed by atoms with Crippen molar-refractivity contribution in [1.29, 1.82) is 0 Å². The summed E-state index contributed by atoms with van der Waals surface area (Å²) in [5.41, 5.74) is 0. The lowest BCUT2D eigenvalue weighted by Gasteiger charge is -2.03. The van der Waals surface area contributed by atoms with Crippen LogP contribution in [0.1, 0.15) is 0 Å². The fraction of sp³-hybridized carbons (Fsp3) is 0. The van der Waals surface area contributed by atoms with Crippen molar-refractivity contribution in [2.24, 2.45) is 0 Å². The van der Waals surface area contributed by atoms with Gasteiger partial charge >= 0.3 is 0 Å². The van der Waals surface area contributed by atoms with Crippen molar-refractivity contribution in [3.8, 4) is 0 Å². The molecule has 0 radical (unpaired) electrons. The summed E-state index contributed by atoms with van der Waals surface area (Å²) >= 11 is 6.66. The average molecular weight is 329 g/mol. The minimum absolute atomic E-state index is 0.771. The maximum absolute atomic E-state index is 4.19. The third-order valence-corrected chi connectivity index (χ3v) is 2.65. The van der Waals surface area contributed by atoms with E-state index < -0.39 is 0 Å². The van der Waals surface area contributed by atoms with Crippen molar-refractivity contribution < 1.29 is 0 Å². The predicted octanol–water partition coefficient (Wildman–Crippen LogP) is 3.75. The van der Waals surface area contributed by atoms with Gasteiger partial charge in [0.1, 0.15) is 11.6 Å². The van der Waals surface area contributed by atoms with Crippen LogP contribution >= 0.6 is 31.9 Å². The van der Waals surface area contributed by atoms with Gasteiger partial charge in [-0.25, -0.2) is 9.97 Å². The first kappa shape index (κ1) is 10.6. The molecule has 2 aromatic heterocycles. The number of nitrogens with one attached hydrogen (secondary N) is 1. The summed E-state index contributed by atoms with van der Waals surface area (Å²) in [6.45, 7) is 0. The molecule has 15 heavy (non-hydrogen) atoms. The second-order valence-electron chi connectivity index (χ2n) is 2.85. The number of anilines is 2. The van der Waals surface area contributed by atoms with Crippen LogP contribution in [-0.4, -0.2) is 9.97 Å². The molecule has 0 saturated carbocycles. The summed E-state index contributed by atoms with van der Waals surface area (Å²) in [5.74, 6) is 1.54. The normalized spacial score (nSPS) is 10.0. The van der Waals surface area contributed by atoms with Crippen molar-refractivity contribution in [2.75, 3.05) is 5.32 Å². The van der Waals surface area contributed by atoms with Gasteiger partial charge < -0.3 is 5.32 Å². The van der Waals surface area contributed by atoms with Gasteiger partial charge in [0.2, 0.25) is 0 Å². The summed E-state index contributed by atoms with van der Waals surface area (Å²) in [6, 6.07) is 7.62. The lowest BCUT2D eigenvalue weighted by molar-refractivity contribution is 1.24. The highest BCUT2D eigenvalue weighted by Crippen LogP contribution is 2.16. The van der Waals surface area contributed by atoms with Gasteiger partial charge in [0, 0.05) is 21.3 Å². The van der Waals surface area contributed by atoms with E-state index in [4.69, 9.17) is 0 Å². The third-order valence-electron chi connectivity index (χ3n) is 1.71. The smallest absolute Gasteiger partial charge is 0.131 e. The quantitative estimate of drug-likeness (QED) is 0.912. The van der Waals surface area contributed by atoms with E-state index in [1.165, 1.54) is 0 Å². The van der Waals surface area contributed by atoms with Gasteiger partial charge in [0.05, 0.1) is 0 Å². The SMILES string of the molecule is Brc1ccc(Nc2ccc(Br)cn2)nc1. The van der Waals surface area contributed by atoms with Crippen molar-refractivity contribution >= 4 is 43.5 Å². The van der Waals surface area contributed by atoms with Gasteiger partial charge in [0.15, 0.2) is 0 Å². The highest BCUT2D eigenvalue weighted by Gasteiger charge is 1.96. The molecule has 0 aliphatic carbocycles. The van der Waals surface area contributed by atoms with E-state index in [0.717, 1.165) is 20.6 Å². The number of halogens is 2. The molecule has 0 spiro atoms. The molecule has 2 rings (SSSR count). The zero-order valence-corrected chi connectivity index (χ0v) is 10.8. The third kappa shape index (κ3) is 3.00. The van der Waals surface area contributed by atoms with E-state index in [-0.39, 0.29) is 0 Å². The summed E-state index contributed by atoms with van der Waals surface area (Å²) in [4.78, 5) is 8.37. The monoisotopic (exact) mass is 327 g/mol. The number of hydrogen-bond donors (Lipinski definition) is 1. The Bertz CT molecular complexity index is 396. The Morgan fingerprint density at radius 3 is 1.60 bits per heavy atom. The fourth-order valence-electron chi connectivity index (χ4n) is 1.03. The number of pyridine rings is 2. The van der Waals surface area contributed by atoms with Crippen LogP contribution in [0.2, 0.25) is 0 Å². The second-order valence-corrected chi connectivity index (χ2v) is 4.68. The van der Waals surface area contributed by atoms with Crippen LogP contribution in [0.15, 0.2) is 45.6 Å². The second kappa shape index (κ2) is 4.72. The van der Waals surface area contributed by atoms with E-state index in [2.05, 4.69) is 47.1 Å². The lowest BCUT2D eigenvalue weighted by atomic mass is 10.4. The van der Waals surface area contributed by atoms with Crippen LogP contribution in [0.4, 0.5) is 11.6 Å². The van der Waals surface area contributed by atoms with Crippen LogP contribution in [0.3, 0.4) is 0 Å². The molecular formula is C10H7Br2N3. The Morgan fingerprint density at radius 2 is 1.27 bits per heavy atom. The highest BCUT2D eigenvalue weighted by atomic mass is 79.9. The molecule has 0 aromatic carbocycles. The summed E-state index contributed by atoms with van der Waals surface area (Å²) in [7, 11) is 0. The van der Waals surface area contributed by atoms with Crippen molar-refractivity contribution in [1.82, 2.24) is 9.97 Å². The number of hydrogen-bond acceptors (Lipinski definition) is 3. The predicted molar refractivity (Wildman–Crippen MR) is 67.2 cm³/mol. The van der Waals surface area contributed by atoms with E-state index in [9.17, 15) is 0 Å². The zero-order valence-electron chi connectivity index (χ0n) is 7.61. The van der Waals surface area contributed by atoms with E-state index >= 15 is 0 Å². The van der Waals surface area contributed by atoms with E-state index in [0.29, 0.717) is 0 Å². The average Bonchev–Trinajstić information content (AvgIpc) is 2.25. The molecule has 0 bridgehead atoms. The molecule has 0 amide bonds. The summed E-state index contributed by atoms with van der Waals surface area (Å²) in [6.07, 6.45) is 3.47. The molecule has 0 atom stereocenters. The van der Waals surface area contributed by atoms with Gasteiger partial charge in [-0.15, -0.1) is 0 Å². The van der Waals surface area contributed by atoms with E-state index in [1.807, 2.05) is 24.3 Å². The number of rotatable bonds is 2. The number of nitrogens with zero attached hydrogens (tertiary/aromatic N) is 2. The Kier molecular flexibility index (Phi) is 3.33. The maximum Gasteiger partial charge on any atom is 0.131 e. The molecule has 76 valence electrons. The molecule has 0 unspecified atom stereocenters. The minimum Gasteiger partial charge on any atom is -0.325 e. The first-order valence-electron chi connectivity index (χ1n) is 4.24. The Morgan fingerprint density at radius 1 is 0.800 bits per heavy atom. The minimum atomic E-state index is 0.771. The van der Waals surface area contributed by atoms with Crippen LogP contribution < -0.4 is 5.32 Å². The van der Waals surface area contributed by atoms with Crippen molar-refractivity contribution in [3.05, 3.63) is 45.6 Å². The molecule has 2 heterocycles. The largest absolute Gasteiger partial charge is 0.325 e. The Balaban J connectivity index is 2.15. The lowest BCUT2D eigenvalue weighted by Crippen LogP contribution is -1.94. The number of aromatic nitrogens is 2. The van der Waals surface area contributed by atoms with Crippen LogP contribution in [0, 0.1) is 0 Å². The molecule has 0 fully saturated rings. The summed E-state index contributed by atoms with van der Waals surface area (Å²) in [5, 5.41) is 3.09. The molecule has 3 nitrogen and oxygen atoms in total. The molecule has 0 aliphatic heterocycles. The van der Waals surface area contributed by atoms with Crippen LogP contribution in [0.5, 0.6) is 0 Å². The first-order chi connectivity index (χ1) is 7.24. The van der Waals surface area contributed by atoms with Gasteiger partial charge in [-0.05, 0) is 56.1 Å². The van der Waals surface area contributed by atoms with Crippen molar-refractivity contribution in [2.45, 2.75) is 0 Å². The van der Waals surface area contributed by atoms with Crippen molar-refractivity contribution in [3.63, 3.8) is 0 Å². The first-order valence-corrected chi connectivity index (χ1v) is 5.83. The maximum atomic E-state index is 4.19. The fourth-order valence-corrected chi connectivity index (χ4v) is 1.50. The molecule has 0 saturated heterocycles. The van der Waals surface area contributed by atoms with Gasteiger partial charge in [-0.2, -0.15) is 0 Å². The zero-order chi connectivity index (χ0) is 10.7. The highest BCUT2D eigenvalue weighted by molar-refractivity contribution is 9.10. The molecule has 0 aliphatic rings. The molecule has 5 heteroatoms. The van der Waals surface area contributed by atoms with E-state index in [1.54, 1.807) is 12.4 Å². The van der Waals surface area contributed by atoms with Gasteiger partial charge in [-0.1, -0.05) is 0 Å². The standard InChI is InChI=1S/C10H7Br2N3/c11-7-1-3-9(13-5-7)15-10-4-2-8(12)6-14-10/h1-6H,(H,13,14,15). The Labute approximate surface area is 104 Å². The molecular weight excluding hydrogens is 322 g/mol. The van der Waals surface area contributed by atoms with Gasteiger partial charge in [0.25, 0.3) is 0 Å². The molecule has 2 aromatic rings.